The van der Waals surface area contributed by atoms with Crippen molar-refractivity contribution >= 4 is 11.8 Å². The number of methoxy groups -OCH3 is 2. The largest absolute Gasteiger partial charge is 0.496 e. The van der Waals surface area contributed by atoms with Gasteiger partial charge >= 0.3 is 0 Å². The highest BCUT2D eigenvalue weighted by Gasteiger charge is 2.18. The summed E-state index contributed by atoms with van der Waals surface area (Å²) >= 11 is 0. The van der Waals surface area contributed by atoms with Crippen molar-refractivity contribution in [1.29, 1.82) is 0 Å². The standard InChI is InChI=1S/C20H24N2O4/c1-25-16-11-6-12-17(26-2)19(16)20(24)22-14-18(23)21-13-7-10-15-8-4-3-5-9-15/h3-6,8-9,11-12H,7,10,13-14H2,1-2H3,(H,21,23)(H,22,24). The third-order valence-electron chi connectivity index (χ3n) is 3.87. The molecule has 0 fully saturated rings. The lowest BCUT2D eigenvalue weighted by Gasteiger charge is -2.13. The number of carbonyl (C=O) groups excluding carboxylic acids is 2. The minimum absolute atomic E-state index is 0.106. The molecule has 138 valence electrons. The number of amides is 2. The maximum atomic E-state index is 12.4. The van der Waals surface area contributed by atoms with Crippen LogP contribution in [0.4, 0.5) is 0 Å². The van der Waals surface area contributed by atoms with Gasteiger partial charge in [-0.15, -0.1) is 0 Å². The van der Waals surface area contributed by atoms with Gasteiger partial charge in [-0.25, -0.2) is 0 Å². The van der Waals surface area contributed by atoms with Gasteiger partial charge in [0.05, 0.1) is 20.8 Å². The summed E-state index contributed by atoms with van der Waals surface area (Å²) in [6.07, 6.45) is 1.73. The van der Waals surface area contributed by atoms with Gasteiger partial charge in [-0.1, -0.05) is 36.4 Å². The lowest BCUT2D eigenvalue weighted by atomic mass is 10.1. The van der Waals surface area contributed by atoms with Crippen molar-refractivity contribution in [2.45, 2.75) is 12.8 Å². The molecule has 0 aliphatic heterocycles. The number of ether oxygens (including phenoxy) is 2. The van der Waals surface area contributed by atoms with E-state index in [0.29, 0.717) is 18.0 Å². The topological polar surface area (TPSA) is 76.7 Å². The lowest BCUT2D eigenvalue weighted by Crippen LogP contribution is -2.37. The second kappa shape index (κ2) is 10.1. The van der Waals surface area contributed by atoms with Gasteiger partial charge in [0.1, 0.15) is 17.1 Å². The van der Waals surface area contributed by atoms with Gasteiger partial charge < -0.3 is 20.1 Å². The predicted molar refractivity (Wildman–Crippen MR) is 99.7 cm³/mol. The quantitative estimate of drug-likeness (QED) is 0.675. The average molecular weight is 356 g/mol. The first-order valence-electron chi connectivity index (χ1n) is 8.45. The number of rotatable bonds is 9. The Balaban J connectivity index is 1.77. The molecule has 0 unspecified atom stereocenters. The number of hydrogen-bond donors (Lipinski definition) is 2. The molecule has 26 heavy (non-hydrogen) atoms. The maximum absolute atomic E-state index is 12.4. The number of hydrogen-bond acceptors (Lipinski definition) is 4. The molecule has 2 aromatic carbocycles. The minimum Gasteiger partial charge on any atom is -0.496 e. The number of aryl methyl sites for hydroxylation is 1. The Morgan fingerprint density at radius 2 is 1.54 bits per heavy atom. The third kappa shape index (κ3) is 5.51. The molecule has 0 aliphatic carbocycles. The van der Waals surface area contributed by atoms with Crippen molar-refractivity contribution in [2.75, 3.05) is 27.3 Å². The van der Waals surface area contributed by atoms with E-state index in [2.05, 4.69) is 22.8 Å². The van der Waals surface area contributed by atoms with Crippen LogP contribution >= 0.6 is 0 Å². The Morgan fingerprint density at radius 1 is 0.885 bits per heavy atom. The summed E-state index contributed by atoms with van der Waals surface area (Å²) in [6, 6.07) is 15.2. The fraction of sp³-hybridized carbons (Fsp3) is 0.300. The Hall–Kier alpha value is -3.02. The van der Waals surface area contributed by atoms with Crippen molar-refractivity contribution in [1.82, 2.24) is 10.6 Å². The molecule has 0 radical (unpaired) electrons. The normalized spacial score (nSPS) is 10.1. The van der Waals surface area contributed by atoms with E-state index in [9.17, 15) is 9.59 Å². The number of nitrogens with one attached hydrogen (secondary N) is 2. The second-order valence-electron chi connectivity index (χ2n) is 5.66. The first-order chi connectivity index (χ1) is 12.7. The van der Waals surface area contributed by atoms with Crippen LogP contribution in [-0.2, 0) is 11.2 Å². The molecule has 2 amide bonds. The van der Waals surface area contributed by atoms with Crippen LogP contribution in [0.15, 0.2) is 48.5 Å². The molecule has 0 atom stereocenters. The molecule has 6 heteroatoms. The monoisotopic (exact) mass is 356 g/mol. The van der Waals surface area contributed by atoms with Crippen LogP contribution in [0.5, 0.6) is 11.5 Å². The summed E-state index contributed by atoms with van der Waals surface area (Å²) in [5, 5.41) is 5.40. The highest BCUT2D eigenvalue weighted by atomic mass is 16.5. The van der Waals surface area contributed by atoms with Crippen LogP contribution in [0.3, 0.4) is 0 Å². The van der Waals surface area contributed by atoms with Crippen LogP contribution in [0.1, 0.15) is 22.3 Å². The van der Waals surface area contributed by atoms with Crippen molar-refractivity contribution in [3.63, 3.8) is 0 Å². The van der Waals surface area contributed by atoms with Gasteiger partial charge in [-0.2, -0.15) is 0 Å². The zero-order valence-corrected chi connectivity index (χ0v) is 15.1. The van der Waals surface area contributed by atoms with Crippen molar-refractivity contribution < 1.29 is 19.1 Å². The number of carbonyl (C=O) groups is 2. The molecule has 2 N–H and O–H groups in total. The van der Waals surface area contributed by atoms with Crippen LogP contribution in [0.2, 0.25) is 0 Å². The molecule has 0 saturated carbocycles. The van der Waals surface area contributed by atoms with Crippen LogP contribution in [0.25, 0.3) is 0 Å². The van der Waals surface area contributed by atoms with Gasteiger partial charge in [-0.05, 0) is 30.5 Å². The number of benzene rings is 2. The molecule has 6 nitrogen and oxygen atoms in total. The molecule has 0 heterocycles. The van der Waals surface area contributed by atoms with Crippen LogP contribution < -0.4 is 20.1 Å². The van der Waals surface area contributed by atoms with Crippen molar-refractivity contribution in [2.24, 2.45) is 0 Å². The molecule has 0 bridgehead atoms. The maximum Gasteiger partial charge on any atom is 0.259 e. The van der Waals surface area contributed by atoms with E-state index >= 15 is 0 Å². The van der Waals surface area contributed by atoms with Gasteiger partial charge in [0.2, 0.25) is 5.91 Å². The Morgan fingerprint density at radius 3 is 2.15 bits per heavy atom. The summed E-state index contributed by atoms with van der Waals surface area (Å²) in [4.78, 5) is 24.3. The van der Waals surface area contributed by atoms with E-state index < -0.39 is 5.91 Å². The summed E-state index contributed by atoms with van der Waals surface area (Å²) in [7, 11) is 2.95. The van der Waals surface area contributed by atoms with E-state index in [4.69, 9.17) is 9.47 Å². The van der Waals surface area contributed by atoms with Crippen molar-refractivity contribution in [3.8, 4) is 11.5 Å². The summed E-state index contributed by atoms with van der Waals surface area (Å²) < 4.78 is 10.4. The highest BCUT2D eigenvalue weighted by molar-refractivity contribution is 6.01. The molecule has 0 spiro atoms. The fourth-order valence-electron chi connectivity index (χ4n) is 2.55. The van der Waals surface area contributed by atoms with Gasteiger partial charge in [-0.3, -0.25) is 9.59 Å². The zero-order valence-electron chi connectivity index (χ0n) is 15.1. The first kappa shape index (κ1) is 19.3. The minimum atomic E-state index is -0.418. The zero-order chi connectivity index (χ0) is 18.8. The smallest absolute Gasteiger partial charge is 0.259 e. The lowest BCUT2D eigenvalue weighted by molar-refractivity contribution is -0.120. The Bertz CT molecular complexity index is 710. The summed E-state index contributed by atoms with van der Waals surface area (Å²) in [5.74, 6) is 0.134. The van der Waals surface area contributed by atoms with Gasteiger partial charge in [0, 0.05) is 6.54 Å². The second-order valence-corrected chi connectivity index (χ2v) is 5.66. The Kier molecular flexibility index (Phi) is 7.49. The highest BCUT2D eigenvalue weighted by Crippen LogP contribution is 2.27. The molecular weight excluding hydrogens is 332 g/mol. The predicted octanol–water partition coefficient (Wildman–Crippen LogP) is 2.18. The van der Waals surface area contributed by atoms with Crippen LogP contribution in [-0.4, -0.2) is 39.1 Å². The molecule has 0 saturated heterocycles. The molecule has 2 rings (SSSR count). The van der Waals surface area contributed by atoms with E-state index in [1.165, 1.54) is 19.8 Å². The van der Waals surface area contributed by atoms with E-state index in [1.54, 1.807) is 18.2 Å². The molecule has 2 aromatic rings. The van der Waals surface area contributed by atoms with E-state index in [-0.39, 0.29) is 18.0 Å². The molecule has 0 aliphatic rings. The average Bonchev–Trinajstić information content (AvgIpc) is 2.69. The fourth-order valence-corrected chi connectivity index (χ4v) is 2.55. The van der Waals surface area contributed by atoms with E-state index in [1.807, 2.05) is 18.2 Å². The molecular formula is C20H24N2O4. The van der Waals surface area contributed by atoms with Crippen LogP contribution in [0, 0.1) is 0 Å². The van der Waals surface area contributed by atoms with Crippen molar-refractivity contribution in [3.05, 3.63) is 59.7 Å². The van der Waals surface area contributed by atoms with Gasteiger partial charge in [0.25, 0.3) is 5.91 Å². The molecule has 0 aromatic heterocycles. The first-order valence-corrected chi connectivity index (χ1v) is 8.45. The Labute approximate surface area is 153 Å². The summed E-state index contributed by atoms with van der Waals surface area (Å²) in [6.45, 7) is 0.451. The third-order valence-corrected chi connectivity index (χ3v) is 3.87. The van der Waals surface area contributed by atoms with Gasteiger partial charge in [0.15, 0.2) is 0 Å². The summed E-state index contributed by atoms with van der Waals surface area (Å²) in [5.41, 5.74) is 1.51. The SMILES string of the molecule is COc1cccc(OC)c1C(=O)NCC(=O)NCCCc1ccccc1. The van der Waals surface area contributed by atoms with E-state index in [0.717, 1.165) is 12.8 Å².